The summed E-state index contributed by atoms with van der Waals surface area (Å²) in [6, 6.07) is 101. The highest BCUT2D eigenvalue weighted by atomic mass is 15.0. The lowest BCUT2D eigenvalue weighted by Crippen LogP contribution is -2.58. The molecule has 0 atom stereocenters. The molecule has 0 aliphatic heterocycles. The molecule has 4 aromatic heterocycles. The number of fused-ring (bicyclic) bond motifs is 12. The van der Waals surface area contributed by atoms with Crippen LogP contribution in [-0.2, 0) is 0 Å². The van der Waals surface area contributed by atoms with Crippen molar-refractivity contribution >= 4 is 122 Å². The number of pyridine rings is 2. The fourth-order valence-electron chi connectivity index (χ4n) is 19.7. The molecule has 0 saturated heterocycles. The third-order valence-corrected chi connectivity index (χ3v) is 23.6. The molecule has 6 heteroatoms. The van der Waals surface area contributed by atoms with Crippen molar-refractivity contribution in [1.82, 2.24) is 9.13 Å². The number of aromatic nitrogens is 4. The summed E-state index contributed by atoms with van der Waals surface area (Å²) in [5.74, 6) is 0. The third kappa shape index (κ3) is 8.78. The Balaban J connectivity index is 0.809. The molecule has 14 aromatic carbocycles. The minimum atomic E-state index is -0.124. The zero-order chi connectivity index (χ0) is 68.5. The molecule has 0 saturated carbocycles. The molecular weight excluding hydrogens is 1230 g/mol. The van der Waals surface area contributed by atoms with Gasteiger partial charge in [0.25, 0.3) is 0 Å². The smallest absolute Gasteiger partial charge is 0.244 e. The van der Waals surface area contributed by atoms with Crippen LogP contribution >= 0.6 is 0 Å². The maximum atomic E-state index is 2.51. The molecule has 4 heterocycles. The topological polar surface area (TPSA) is 17.6 Å². The van der Waals surface area contributed by atoms with Gasteiger partial charge in [-0.1, -0.05) is 273 Å². The fourth-order valence-corrected chi connectivity index (χ4v) is 19.7. The summed E-state index contributed by atoms with van der Waals surface area (Å²) in [4.78, 5) is 0. The number of para-hydroxylation sites is 4. The second-order valence-corrected chi connectivity index (χ2v) is 29.4. The van der Waals surface area contributed by atoms with Crippen molar-refractivity contribution in [2.75, 3.05) is 0 Å². The van der Waals surface area contributed by atoms with Gasteiger partial charge in [0.05, 0.1) is 22.1 Å². The number of hydrogen-bond acceptors (Lipinski definition) is 0. The van der Waals surface area contributed by atoms with Crippen molar-refractivity contribution in [2.45, 2.75) is 67.5 Å². The Morgan fingerprint density at radius 3 is 0.814 bits per heavy atom. The minimum absolute atomic E-state index is 0.0577. The summed E-state index contributed by atoms with van der Waals surface area (Å²) >= 11 is 0. The molecule has 2 aliphatic carbocycles. The first kappa shape index (κ1) is 60.1. The van der Waals surface area contributed by atoms with E-state index in [1.54, 1.807) is 0 Å². The van der Waals surface area contributed by atoms with Gasteiger partial charge in [-0.25, -0.2) is 0 Å². The van der Waals surface area contributed by atoms with Gasteiger partial charge in [0.2, 0.25) is 25.5 Å². The molecule has 102 heavy (non-hydrogen) atoms. The van der Waals surface area contributed by atoms with E-state index in [-0.39, 0.29) is 25.5 Å². The number of hydrogen-bond donors (Lipinski definition) is 0. The van der Waals surface area contributed by atoms with E-state index in [2.05, 4.69) is 365 Å². The molecule has 0 fully saturated rings. The van der Waals surface area contributed by atoms with E-state index in [4.69, 9.17) is 0 Å². The normalized spacial score (nSPS) is 12.8. The van der Waals surface area contributed by atoms with Gasteiger partial charge in [0.1, 0.15) is 0 Å². The highest BCUT2D eigenvalue weighted by Crippen LogP contribution is 2.45. The predicted molar refractivity (Wildman–Crippen MR) is 430 cm³/mol. The van der Waals surface area contributed by atoms with Gasteiger partial charge in [0, 0.05) is 77.4 Å². The van der Waals surface area contributed by atoms with Crippen LogP contribution in [0.15, 0.2) is 292 Å². The highest BCUT2D eigenvalue weighted by molar-refractivity contribution is 6.99. The zero-order valence-electron chi connectivity index (χ0n) is 58.8. The first-order valence-corrected chi connectivity index (χ1v) is 36.3. The molecule has 4 nitrogen and oxygen atoms in total. The summed E-state index contributed by atoms with van der Waals surface area (Å²) in [5, 5.41) is 12.8. The Kier molecular flexibility index (Phi) is 13.5. The Morgan fingerprint density at radius 2 is 0.510 bits per heavy atom. The Bertz CT molecular complexity index is 5990. The maximum absolute atomic E-state index is 2.51. The van der Waals surface area contributed by atoms with E-state index in [9.17, 15) is 0 Å². The fraction of sp³-hybridized carbons (Fsp3) is 0.104. The highest BCUT2D eigenvalue weighted by Gasteiger charge is 2.41. The standard InChI is InChI=1S/C96H74B2N4/c1-57-49-67(101-85-37-21-17-29-73(85)74-30-18-22-38-86(74)101)50-58(2)91(57)97(92-59(3)51-68(52-60(92)4)102-87-39-23-19-31-75(87)76-32-20-24-40-88(76)102)83-47-43-65-42-46-82-84(48-44-66-41-45-81(83)89(65)90(66)82)98(93-61(5)53-99(54-62(93)6)95-77-33-13-9-25-69(77)70-26-10-14-34-78(70)95)94-63(7)55-100(56-64(94)8)96-79-35-15-11-27-71(79)72-28-12-16-36-80(72)96/h9-56,95-96H,1-8H3/q+2. The molecule has 0 N–H and O–H groups in total. The van der Waals surface area contributed by atoms with E-state index < -0.39 is 0 Å². The Labute approximate surface area is 596 Å². The lowest BCUT2D eigenvalue weighted by Gasteiger charge is -2.28. The van der Waals surface area contributed by atoms with E-state index >= 15 is 0 Å². The van der Waals surface area contributed by atoms with Gasteiger partial charge in [-0.2, -0.15) is 9.13 Å². The Morgan fingerprint density at radius 1 is 0.255 bits per heavy atom. The second kappa shape index (κ2) is 22.8. The lowest BCUT2D eigenvalue weighted by atomic mass is 9.33. The summed E-state index contributed by atoms with van der Waals surface area (Å²) in [6.07, 6.45) is 9.83. The summed E-state index contributed by atoms with van der Waals surface area (Å²) in [6.45, 7) is 18.7. The van der Waals surface area contributed by atoms with Crippen molar-refractivity contribution in [2.24, 2.45) is 0 Å². The minimum Gasteiger partial charge on any atom is -0.309 e. The quantitative estimate of drug-likeness (QED) is 0.0738. The summed E-state index contributed by atoms with van der Waals surface area (Å²) in [7, 11) is 0. The SMILES string of the molecule is Cc1cc(-n2c3ccccc3c3ccccc32)cc(C)c1B(c1c(C)cc(-n2c3ccccc3c3ccccc32)cc1C)c1ccc2ccc3c(B(c4c(C)c[n+](C5c6ccccc6-c6ccccc65)cc4C)c4c(C)c[n+](C5c6ccccc6-c6ccccc65)cc4C)ccc4ccc1c2c43. The third-order valence-electron chi connectivity index (χ3n) is 23.6. The molecule has 20 rings (SSSR count). The molecule has 482 valence electrons. The average Bonchev–Trinajstić information content (AvgIpc) is 1.12. The zero-order valence-corrected chi connectivity index (χ0v) is 58.8. The van der Waals surface area contributed by atoms with Crippen LogP contribution < -0.4 is 41.9 Å². The average molecular weight is 1310 g/mol. The summed E-state index contributed by atoms with van der Waals surface area (Å²) < 4.78 is 9.98. The molecule has 2 aliphatic rings. The molecule has 0 amide bonds. The second-order valence-electron chi connectivity index (χ2n) is 29.4. The van der Waals surface area contributed by atoms with Crippen molar-refractivity contribution in [3.05, 3.63) is 358 Å². The van der Waals surface area contributed by atoms with Crippen LogP contribution in [0.5, 0.6) is 0 Å². The van der Waals surface area contributed by atoms with Crippen LogP contribution in [0, 0.1) is 55.4 Å². The number of benzene rings is 14. The lowest BCUT2D eigenvalue weighted by molar-refractivity contribution is -0.704. The van der Waals surface area contributed by atoms with Gasteiger partial charge < -0.3 is 9.13 Å². The van der Waals surface area contributed by atoms with Crippen LogP contribution in [0.1, 0.15) is 78.8 Å². The van der Waals surface area contributed by atoms with Crippen molar-refractivity contribution < 1.29 is 9.13 Å². The van der Waals surface area contributed by atoms with E-state index in [0.717, 1.165) is 0 Å². The van der Waals surface area contributed by atoms with Crippen molar-refractivity contribution in [3.63, 3.8) is 0 Å². The molecular formula is C96H74B2N4+2. The molecule has 0 bridgehead atoms. The van der Waals surface area contributed by atoms with Crippen molar-refractivity contribution in [1.29, 1.82) is 0 Å². The number of rotatable bonds is 10. The molecule has 0 unspecified atom stereocenters. The van der Waals surface area contributed by atoms with Crippen LogP contribution in [0.2, 0.25) is 0 Å². The number of nitrogens with zero attached hydrogens (tertiary/aromatic N) is 4. The van der Waals surface area contributed by atoms with Gasteiger partial charge in [-0.15, -0.1) is 0 Å². The largest absolute Gasteiger partial charge is 0.309 e. The molecule has 0 spiro atoms. The van der Waals surface area contributed by atoms with Gasteiger partial charge in [-0.3, -0.25) is 0 Å². The van der Waals surface area contributed by atoms with Crippen LogP contribution in [0.3, 0.4) is 0 Å². The van der Waals surface area contributed by atoms with Crippen LogP contribution in [0.25, 0.3) is 110 Å². The molecule has 0 radical (unpaired) electrons. The first-order chi connectivity index (χ1) is 49.9. The van der Waals surface area contributed by atoms with Crippen LogP contribution in [0.4, 0.5) is 0 Å². The van der Waals surface area contributed by atoms with Gasteiger partial charge >= 0.3 is 0 Å². The Hall–Kier alpha value is -11.9. The molecule has 18 aromatic rings. The predicted octanol–water partition coefficient (Wildman–Crippen LogP) is 18.1. The van der Waals surface area contributed by atoms with E-state index in [1.807, 2.05) is 0 Å². The first-order valence-electron chi connectivity index (χ1n) is 36.3. The van der Waals surface area contributed by atoms with Crippen LogP contribution in [-0.4, -0.2) is 22.6 Å². The van der Waals surface area contributed by atoms with E-state index in [0.29, 0.717) is 0 Å². The monoisotopic (exact) mass is 1300 g/mol. The number of aryl methyl sites for hydroxylation is 8. The van der Waals surface area contributed by atoms with Gasteiger partial charge in [0.15, 0.2) is 24.8 Å². The summed E-state index contributed by atoms with van der Waals surface area (Å²) in [5.41, 5.74) is 36.1. The van der Waals surface area contributed by atoms with E-state index in [1.165, 1.54) is 209 Å². The maximum Gasteiger partial charge on any atom is 0.244 e. The van der Waals surface area contributed by atoms with Gasteiger partial charge in [-0.05, 0) is 158 Å². The van der Waals surface area contributed by atoms with Crippen molar-refractivity contribution in [3.8, 4) is 33.6 Å².